The fraction of sp³-hybridized carbons (Fsp3) is 0.167. The van der Waals surface area contributed by atoms with Crippen molar-refractivity contribution in [3.63, 3.8) is 0 Å². The molecule has 2 N–H and O–H groups in total. The number of hydrogen-bond donors (Lipinski definition) is 2. The van der Waals surface area contributed by atoms with Gasteiger partial charge in [0.25, 0.3) is 10.1 Å². The first kappa shape index (κ1) is 16.5. The first-order valence-electron chi connectivity index (χ1n) is 5.84. The normalized spacial score (nSPS) is 11.5. The lowest BCUT2D eigenvalue weighted by atomic mass is 10.1. The molecule has 0 bridgehead atoms. The Morgan fingerprint density at radius 2 is 1.82 bits per heavy atom. The van der Waals surface area contributed by atoms with Gasteiger partial charge in [-0.15, -0.1) is 0 Å². The van der Waals surface area contributed by atoms with Crippen LogP contribution in [0.2, 0.25) is 5.02 Å². The highest BCUT2D eigenvalue weighted by Crippen LogP contribution is 2.30. The Balaban J connectivity index is 2.51. The van der Waals surface area contributed by atoms with Crippen LogP contribution in [0.25, 0.3) is 0 Å². The molecule has 0 fully saturated rings. The minimum absolute atomic E-state index is 0.262. The van der Waals surface area contributed by atoms with Crippen LogP contribution in [0.3, 0.4) is 0 Å². The van der Waals surface area contributed by atoms with Crippen LogP contribution in [0, 0.1) is 25.9 Å². The van der Waals surface area contributed by atoms with E-state index in [-0.39, 0.29) is 16.3 Å². The second kappa shape index (κ2) is 5.75. The van der Waals surface area contributed by atoms with E-state index in [9.17, 15) is 17.2 Å². The van der Waals surface area contributed by atoms with E-state index >= 15 is 0 Å². The summed E-state index contributed by atoms with van der Waals surface area (Å²) in [6.45, 7) is 3.04. The van der Waals surface area contributed by atoms with E-state index < -0.39 is 27.2 Å². The maximum atomic E-state index is 13.3. The van der Waals surface area contributed by atoms with Crippen LogP contribution in [-0.2, 0) is 10.1 Å². The first-order valence-corrected chi connectivity index (χ1v) is 7.66. The zero-order chi connectivity index (χ0) is 16.7. The standard InChI is InChI=1S/C12H10ClF2N3O3S/c1-5-6(2)8(22(19,20)21)4-3-7(5)16-11-9(13)10(14)17-12(15)18-11/h3-4H,1-2H3,(H,16,17,18)(H,19,20,21). The Morgan fingerprint density at radius 3 is 2.41 bits per heavy atom. The third kappa shape index (κ3) is 3.16. The van der Waals surface area contributed by atoms with Crippen LogP contribution >= 0.6 is 11.6 Å². The molecule has 0 aliphatic carbocycles. The van der Waals surface area contributed by atoms with Crippen molar-refractivity contribution < 1.29 is 21.8 Å². The molecule has 1 heterocycles. The highest BCUT2D eigenvalue weighted by Gasteiger charge is 2.18. The van der Waals surface area contributed by atoms with E-state index in [1.54, 1.807) is 6.92 Å². The molecule has 0 radical (unpaired) electrons. The minimum Gasteiger partial charge on any atom is -0.338 e. The lowest BCUT2D eigenvalue weighted by molar-refractivity contribution is 0.482. The molecule has 0 saturated heterocycles. The van der Waals surface area contributed by atoms with Gasteiger partial charge in [-0.05, 0) is 37.1 Å². The van der Waals surface area contributed by atoms with Crippen molar-refractivity contribution in [2.75, 3.05) is 5.32 Å². The maximum Gasteiger partial charge on any atom is 0.313 e. The smallest absolute Gasteiger partial charge is 0.313 e. The van der Waals surface area contributed by atoms with Crippen molar-refractivity contribution in [3.05, 3.63) is 40.3 Å². The number of nitrogens with one attached hydrogen (secondary N) is 1. The molecule has 10 heteroatoms. The summed E-state index contributed by atoms with van der Waals surface area (Å²) < 4.78 is 57.8. The van der Waals surface area contributed by atoms with Gasteiger partial charge in [-0.25, -0.2) is 0 Å². The van der Waals surface area contributed by atoms with Crippen molar-refractivity contribution in [1.29, 1.82) is 0 Å². The van der Waals surface area contributed by atoms with Gasteiger partial charge in [0.05, 0.1) is 4.90 Å². The van der Waals surface area contributed by atoms with Gasteiger partial charge in [0, 0.05) is 5.69 Å². The molecule has 0 spiro atoms. The Kier molecular flexibility index (Phi) is 4.32. The lowest BCUT2D eigenvalue weighted by Gasteiger charge is -2.14. The predicted octanol–water partition coefficient (Wildman–Crippen LogP) is 3.02. The molecule has 22 heavy (non-hydrogen) atoms. The molecule has 1 aromatic heterocycles. The number of nitrogens with zero attached hydrogens (tertiary/aromatic N) is 2. The second-order valence-corrected chi connectivity index (χ2v) is 6.18. The van der Waals surface area contributed by atoms with Gasteiger partial charge in [-0.3, -0.25) is 4.55 Å². The van der Waals surface area contributed by atoms with Crippen molar-refractivity contribution in [1.82, 2.24) is 9.97 Å². The van der Waals surface area contributed by atoms with Gasteiger partial charge in [-0.1, -0.05) is 11.6 Å². The minimum atomic E-state index is -4.37. The first-order chi connectivity index (χ1) is 10.1. The van der Waals surface area contributed by atoms with Crippen LogP contribution in [0.15, 0.2) is 17.0 Å². The topological polar surface area (TPSA) is 92.2 Å². The van der Waals surface area contributed by atoms with Crippen LogP contribution in [-0.4, -0.2) is 22.9 Å². The average molecular weight is 350 g/mol. The fourth-order valence-corrected chi connectivity index (χ4v) is 2.73. The number of aromatic nitrogens is 2. The van der Waals surface area contributed by atoms with E-state index in [4.69, 9.17) is 16.2 Å². The van der Waals surface area contributed by atoms with Crippen LogP contribution < -0.4 is 5.32 Å². The van der Waals surface area contributed by atoms with Crippen LogP contribution in [0.1, 0.15) is 11.1 Å². The number of rotatable bonds is 3. The third-order valence-electron chi connectivity index (χ3n) is 3.05. The van der Waals surface area contributed by atoms with Gasteiger partial charge >= 0.3 is 6.08 Å². The summed E-state index contributed by atoms with van der Waals surface area (Å²) in [6, 6.07) is 2.47. The summed E-state index contributed by atoms with van der Waals surface area (Å²) in [5, 5.41) is 2.10. The molecule has 0 saturated carbocycles. The van der Waals surface area contributed by atoms with E-state index in [2.05, 4.69) is 15.3 Å². The Morgan fingerprint density at radius 1 is 1.18 bits per heavy atom. The molecule has 6 nitrogen and oxygen atoms in total. The second-order valence-electron chi connectivity index (χ2n) is 4.41. The SMILES string of the molecule is Cc1c(Nc2nc(F)nc(F)c2Cl)ccc(S(=O)(=O)O)c1C. The molecule has 2 aromatic rings. The van der Waals surface area contributed by atoms with Gasteiger partial charge in [0.1, 0.15) is 5.02 Å². The molecule has 0 atom stereocenters. The zero-order valence-corrected chi connectivity index (χ0v) is 12.9. The number of halogens is 3. The number of hydrogen-bond acceptors (Lipinski definition) is 5. The van der Waals surface area contributed by atoms with E-state index in [0.717, 1.165) is 6.07 Å². The molecule has 1 aromatic carbocycles. The van der Waals surface area contributed by atoms with Gasteiger partial charge in [0.2, 0.25) is 5.95 Å². The third-order valence-corrected chi connectivity index (χ3v) is 4.38. The highest BCUT2D eigenvalue weighted by atomic mass is 35.5. The highest BCUT2D eigenvalue weighted by molar-refractivity contribution is 7.85. The molecule has 0 amide bonds. The Hall–Kier alpha value is -1.84. The quantitative estimate of drug-likeness (QED) is 0.502. The van der Waals surface area contributed by atoms with Gasteiger partial charge < -0.3 is 5.32 Å². The maximum absolute atomic E-state index is 13.3. The molecule has 118 valence electrons. The summed E-state index contributed by atoms with van der Waals surface area (Å²) in [7, 11) is -4.37. The molecular weight excluding hydrogens is 340 g/mol. The van der Waals surface area contributed by atoms with Crippen molar-refractivity contribution in [2.45, 2.75) is 18.7 Å². The average Bonchev–Trinajstić information content (AvgIpc) is 2.39. The van der Waals surface area contributed by atoms with E-state index in [0.29, 0.717) is 11.3 Å². The predicted molar refractivity (Wildman–Crippen MR) is 76.0 cm³/mol. The van der Waals surface area contributed by atoms with Crippen molar-refractivity contribution >= 4 is 33.2 Å². The van der Waals surface area contributed by atoms with Crippen LogP contribution in [0.4, 0.5) is 20.3 Å². The molecular formula is C12H10ClF2N3O3S. The monoisotopic (exact) mass is 349 g/mol. The lowest BCUT2D eigenvalue weighted by Crippen LogP contribution is -2.06. The van der Waals surface area contributed by atoms with E-state index in [1.807, 2.05) is 0 Å². The summed E-state index contributed by atoms with van der Waals surface area (Å²) >= 11 is 5.65. The Labute approximate surface area is 129 Å². The fourth-order valence-electron chi connectivity index (χ4n) is 1.82. The summed E-state index contributed by atoms with van der Waals surface area (Å²) in [5.74, 6) is -1.52. The molecule has 0 aliphatic rings. The molecule has 2 rings (SSSR count). The van der Waals surface area contributed by atoms with Crippen LogP contribution in [0.5, 0.6) is 0 Å². The summed E-state index contributed by atoms with van der Waals surface area (Å²) in [4.78, 5) is 5.91. The van der Waals surface area contributed by atoms with Crippen molar-refractivity contribution in [3.8, 4) is 0 Å². The number of anilines is 2. The van der Waals surface area contributed by atoms with Gasteiger partial charge in [-0.2, -0.15) is 27.2 Å². The number of benzene rings is 1. The zero-order valence-electron chi connectivity index (χ0n) is 11.4. The van der Waals surface area contributed by atoms with Crippen molar-refractivity contribution in [2.24, 2.45) is 0 Å². The van der Waals surface area contributed by atoms with Gasteiger partial charge in [0.15, 0.2) is 5.82 Å². The molecule has 0 unspecified atom stereocenters. The molecule has 0 aliphatic heterocycles. The largest absolute Gasteiger partial charge is 0.338 e. The van der Waals surface area contributed by atoms with E-state index in [1.165, 1.54) is 13.0 Å². The summed E-state index contributed by atoms with van der Waals surface area (Å²) in [6.07, 6.45) is -1.30. The summed E-state index contributed by atoms with van der Waals surface area (Å²) in [5.41, 5.74) is 1.04. The Bertz CT molecular complexity index is 859.